The summed E-state index contributed by atoms with van der Waals surface area (Å²) < 4.78 is 72.3. The number of nitrogens with zero attached hydrogens (tertiary/aromatic N) is 4. The van der Waals surface area contributed by atoms with Gasteiger partial charge in [0.25, 0.3) is 0 Å². The Labute approximate surface area is 276 Å². The first-order valence-corrected chi connectivity index (χ1v) is 15.3. The molecule has 6 aromatic carbocycles. The van der Waals surface area contributed by atoms with Crippen LogP contribution in [0.5, 0.6) is 0 Å². The van der Waals surface area contributed by atoms with E-state index in [9.17, 15) is 22.0 Å². The van der Waals surface area contributed by atoms with Gasteiger partial charge < -0.3 is 4.57 Å². The summed E-state index contributed by atoms with van der Waals surface area (Å²) >= 11 is 0. The summed E-state index contributed by atoms with van der Waals surface area (Å²) in [5.41, 5.74) is 3.71. The molecule has 0 amide bonds. The van der Waals surface area contributed by atoms with E-state index in [1.165, 1.54) is 18.2 Å². The van der Waals surface area contributed by atoms with Crippen molar-refractivity contribution in [3.8, 4) is 51.0 Å². The molecule has 0 aliphatic rings. The highest BCUT2D eigenvalue weighted by Gasteiger charge is 2.31. The number of alkyl halides is 3. The monoisotopic (exact) mass is 654 g/mol. The maximum atomic E-state index is 14.4. The van der Waals surface area contributed by atoms with Gasteiger partial charge in [0.1, 0.15) is 11.6 Å². The highest BCUT2D eigenvalue weighted by Crippen LogP contribution is 2.40. The van der Waals surface area contributed by atoms with Gasteiger partial charge in [0, 0.05) is 33.5 Å². The highest BCUT2D eigenvalue weighted by molar-refractivity contribution is 6.10. The third-order valence-electron chi connectivity index (χ3n) is 8.37. The predicted octanol–water partition coefficient (Wildman–Crippen LogP) is 10.9. The normalized spacial score (nSPS) is 11.8. The van der Waals surface area contributed by atoms with E-state index in [-0.39, 0.29) is 5.82 Å². The minimum absolute atomic E-state index is 0.263. The summed E-state index contributed by atoms with van der Waals surface area (Å²) in [4.78, 5) is 14.6. The second-order valence-electron chi connectivity index (χ2n) is 11.5. The van der Waals surface area contributed by atoms with E-state index in [1.54, 1.807) is 30.3 Å². The molecular weight excluding hydrogens is 631 g/mol. The molecule has 0 aliphatic carbocycles. The lowest BCUT2D eigenvalue weighted by Gasteiger charge is -2.16. The Hall–Kier alpha value is -6.22. The second kappa shape index (κ2) is 11.8. The number of hydrogen-bond acceptors (Lipinski definition) is 3. The summed E-state index contributed by atoms with van der Waals surface area (Å²) in [7, 11) is 0. The molecule has 0 saturated carbocycles. The van der Waals surface area contributed by atoms with Crippen LogP contribution >= 0.6 is 0 Å². The summed E-state index contributed by atoms with van der Waals surface area (Å²) in [5.74, 6) is -0.411. The molecule has 0 spiro atoms. The largest absolute Gasteiger partial charge is 0.416 e. The van der Waals surface area contributed by atoms with Gasteiger partial charge in [-0.15, -0.1) is 0 Å². The molecule has 0 atom stereocenters. The van der Waals surface area contributed by atoms with Crippen molar-refractivity contribution in [1.82, 2.24) is 19.5 Å². The molecule has 2 aromatic heterocycles. The van der Waals surface area contributed by atoms with Gasteiger partial charge in [0.05, 0.1) is 22.3 Å². The Morgan fingerprint density at radius 2 is 1.02 bits per heavy atom. The van der Waals surface area contributed by atoms with Gasteiger partial charge in [-0.05, 0) is 59.7 Å². The second-order valence-corrected chi connectivity index (χ2v) is 11.5. The van der Waals surface area contributed by atoms with Crippen molar-refractivity contribution in [3.63, 3.8) is 0 Å². The third-order valence-corrected chi connectivity index (χ3v) is 8.37. The number of para-hydroxylation sites is 1. The van der Waals surface area contributed by atoms with Crippen molar-refractivity contribution in [2.75, 3.05) is 0 Å². The first-order valence-electron chi connectivity index (χ1n) is 15.3. The molecule has 49 heavy (non-hydrogen) atoms. The quantitative estimate of drug-likeness (QED) is 0.174. The maximum Gasteiger partial charge on any atom is 0.416 e. The minimum atomic E-state index is -4.53. The van der Waals surface area contributed by atoms with Crippen LogP contribution in [0, 0.1) is 11.6 Å². The van der Waals surface area contributed by atoms with Crippen LogP contribution in [-0.2, 0) is 6.18 Å². The van der Waals surface area contributed by atoms with Crippen LogP contribution in [0.15, 0.2) is 140 Å². The fourth-order valence-corrected chi connectivity index (χ4v) is 6.15. The van der Waals surface area contributed by atoms with Crippen molar-refractivity contribution in [2.45, 2.75) is 6.18 Å². The number of aromatic nitrogens is 4. The molecule has 4 nitrogen and oxygen atoms in total. The summed E-state index contributed by atoms with van der Waals surface area (Å²) in [6.45, 7) is 0. The van der Waals surface area contributed by atoms with Gasteiger partial charge in [-0.1, -0.05) is 84.9 Å². The van der Waals surface area contributed by atoms with Crippen LogP contribution in [0.4, 0.5) is 22.0 Å². The molecular formula is C40H23F5N4. The SMILES string of the molecule is Fc1cc(F)cc(-c2ccc(-n3c4ccccc4c4cc(C(F)(F)F)ccc43)c(-c3nc(-c4ccccc4)nc(-c4ccccc4)n3)c2)c1. The van der Waals surface area contributed by atoms with E-state index >= 15 is 0 Å². The highest BCUT2D eigenvalue weighted by atomic mass is 19.4. The molecule has 9 heteroatoms. The third kappa shape index (κ3) is 5.59. The van der Waals surface area contributed by atoms with Gasteiger partial charge in [-0.25, -0.2) is 23.7 Å². The van der Waals surface area contributed by atoms with Crippen molar-refractivity contribution in [1.29, 1.82) is 0 Å². The van der Waals surface area contributed by atoms with E-state index < -0.39 is 23.4 Å². The number of fused-ring (bicyclic) bond motifs is 3. The molecule has 8 rings (SSSR count). The zero-order valence-electron chi connectivity index (χ0n) is 25.5. The molecule has 238 valence electrons. The zero-order valence-corrected chi connectivity index (χ0v) is 25.5. The molecule has 0 radical (unpaired) electrons. The van der Waals surface area contributed by atoms with Crippen LogP contribution in [0.3, 0.4) is 0 Å². The average molecular weight is 655 g/mol. The van der Waals surface area contributed by atoms with Crippen molar-refractivity contribution < 1.29 is 22.0 Å². The summed E-state index contributed by atoms with van der Waals surface area (Å²) in [6.07, 6.45) is -4.53. The van der Waals surface area contributed by atoms with Gasteiger partial charge in [0.2, 0.25) is 0 Å². The Balaban J connectivity index is 1.46. The van der Waals surface area contributed by atoms with Crippen molar-refractivity contribution in [3.05, 3.63) is 157 Å². The topological polar surface area (TPSA) is 43.6 Å². The molecule has 0 fully saturated rings. The minimum Gasteiger partial charge on any atom is -0.309 e. The Bertz CT molecular complexity index is 2430. The number of halogens is 5. The average Bonchev–Trinajstić information content (AvgIpc) is 3.45. The molecule has 0 N–H and O–H groups in total. The maximum absolute atomic E-state index is 14.4. The Kier molecular flexibility index (Phi) is 7.25. The molecule has 0 saturated heterocycles. The Morgan fingerprint density at radius 3 is 1.65 bits per heavy atom. The summed E-state index contributed by atoms with van der Waals surface area (Å²) in [5, 5.41) is 1.04. The van der Waals surface area contributed by atoms with Gasteiger partial charge in [0.15, 0.2) is 17.5 Å². The van der Waals surface area contributed by atoms with E-state index in [0.717, 1.165) is 29.3 Å². The lowest BCUT2D eigenvalue weighted by molar-refractivity contribution is -0.137. The van der Waals surface area contributed by atoms with Crippen LogP contribution < -0.4 is 0 Å². The number of hydrogen-bond donors (Lipinski definition) is 0. The van der Waals surface area contributed by atoms with E-state index in [0.29, 0.717) is 55.8 Å². The van der Waals surface area contributed by atoms with Gasteiger partial charge in [-0.3, -0.25) is 0 Å². The van der Waals surface area contributed by atoms with Crippen LogP contribution in [0.2, 0.25) is 0 Å². The fraction of sp³-hybridized carbons (Fsp3) is 0.0250. The molecule has 0 unspecified atom stereocenters. The van der Waals surface area contributed by atoms with E-state index in [1.807, 2.05) is 77.4 Å². The van der Waals surface area contributed by atoms with E-state index in [2.05, 4.69) is 0 Å². The van der Waals surface area contributed by atoms with Crippen LogP contribution in [0.25, 0.3) is 72.8 Å². The first-order chi connectivity index (χ1) is 23.7. The number of rotatable bonds is 5. The van der Waals surface area contributed by atoms with Gasteiger partial charge in [-0.2, -0.15) is 13.2 Å². The molecule has 0 bridgehead atoms. The standard InChI is InChI=1S/C40H23F5N4/c41-29-19-27(20-30(42)23-29)26-15-17-36(49-34-14-8-7-13-31(34)32-22-28(40(43,44)45)16-18-35(32)49)33(21-26)39-47-37(24-9-3-1-4-10-24)46-38(48-39)25-11-5-2-6-12-25/h1-23H. The van der Waals surface area contributed by atoms with E-state index in [4.69, 9.17) is 15.0 Å². The zero-order chi connectivity index (χ0) is 33.7. The lowest BCUT2D eigenvalue weighted by atomic mass is 10.0. The van der Waals surface area contributed by atoms with Crippen LogP contribution in [-0.4, -0.2) is 19.5 Å². The molecule has 8 aromatic rings. The summed E-state index contributed by atoms with van der Waals surface area (Å²) in [6, 6.07) is 38.2. The van der Waals surface area contributed by atoms with Crippen LogP contribution in [0.1, 0.15) is 5.56 Å². The van der Waals surface area contributed by atoms with Gasteiger partial charge >= 0.3 is 6.18 Å². The fourth-order valence-electron chi connectivity index (χ4n) is 6.15. The molecule has 2 heterocycles. The first kappa shape index (κ1) is 30.1. The smallest absolute Gasteiger partial charge is 0.309 e. The Morgan fingerprint density at radius 1 is 0.449 bits per heavy atom. The lowest BCUT2D eigenvalue weighted by Crippen LogP contribution is -2.05. The predicted molar refractivity (Wildman–Crippen MR) is 181 cm³/mol. The van der Waals surface area contributed by atoms with Crippen molar-refractivity contribution in [2.24, 2.45) is 0 Å². The number of benzene rings is 6. The molecule has 0 aliphatic heterocycles. The van der Waals surface area contributed by atoms with Crippen molar-refractivity contribution >= 4 is 21.8 Å².